The Kier molecular flexibility index (Phi) is 3.87. The third kappa shape index (κ3) is 2.55. The minimum absolute atomic E-state index is 0.145. The third-order valence-corrected chi connectivity index (χ3v) is 4.90. The van der Waals surface area contributed by atoms with E-state index in [1.54, 1.807) is 0 Å². The minimum Gasteiger partial charge on any atom is -0.393 e. The smallest absolute Gasteiger partial charge is 0.0598 e. The molecule has 0 spiro atoms. The first-order valence-electron chi connectivity index (χ1n) is 7.47. The molecule has 2 aliphatic rings. The number of fused-ring (bicyclic) bond motifs is 2. The zero-order valence-corrected chi connectivity index (χ0v) is 11.4. The van der Waals surface area contributed by atoms with Gasteiger partial charge in [0.1, 0.15) is 0 Å². The molecule has 104 valence electrons. The van der Waals surface area contributed by atoms with Crippen LogP contribution in [0.3, 0.4) is 0 Å². The van der Waals surface area contributed by atoms with Crippen LogP contribution >= 0.6 is 0 Å². The Morgan fingerprint density at radius 3 is 2.74 bits per heavy atom. The van der Waals surface area contributed by atoms with Crippen molar-refractivity contribution in [3.8, 4) is 0 Å². The van der Waals surface area contributed by atoms with Crippen LogP contribution < -0.4 is 5.73 Å². The largest absolute Gasteiger partial charge is 0.393 e. The van der Waals surface area contributed by atoms with E-state index in [0.717, 1.165) is 19.4 Å². The van der Waals surface area contributed by atoms with Gasteiger partial charge in [0.2, 0.25) is 0 Å². The van der Waals surface area contributed by atoms with Crippen molar-refractivity contribution in [2.45, 2.75) is 50.4 Å². The highest BCUT2D eigenvalue weighted by atomic mass is 16.3. The number of aliphatic hydroxyl groups is 1. The van der Waals surface area contributed by atoms with Crippen molar-refractivity contribution in [3.63, 3.8) is 0 Å². The molecule has 1 aromatic rings. The van der Waals surface area contributed by atoms with Crippen molar-refractivity contribution in [1.82, 2.24) is 4.90 Å². The second-order valence-electron chi connectivity index (χ2n) is 6.00. The Hall–Kier alpha value is -0.900. The molecule has 3 N–H and O–H groups in total. The standard InChI is InChI=1S/C16H24N2O/c17-9-8-14-15-7-6-13(10-16(14)19)18(15)11-12-4-2-1-3-5-12/h1-5,13-16,19H,6-11,17H2. The number of piperidine rings is 1. The monoisotopic (exact) mass is 260 g/mol. The Morgan fingerprint density at radius 1 is 1.21 bits per heavy atom. The average Bonchev–Trinajstić information content (AvgIpc) is 2.71. The van der Waals surface area contributed by atoms with E-state index in [1.807, 2.05) is 0 Å². The molecule has 3 heteroatoms. The maximum absolute atomic E-state index is 10.3. The number of hydrogen-bond donors (Lipinski definition) is 2. The van der Waals surface area contributed by atoms with E-state index >= 15 is 0 Å². The lowest BCUT2D eigenvalue weighted by Gasteiger charge is -2.43. The molecule has 0 aromatic heterocycles. The number of benzene rings is 1. The van der Waals surface area contributed by atoms with E-state index < -0.39 is 0 Å². The van der Waals surface area contributed by atoms with E-state index in [2.05, 4.69) is 35.2 Å². The van der Waals surface area contributed by atoms with Crippen LogP contribution in [0.25, 0.3) is 0 Å². The maximum atomic E-state index is 10.3. The van der Waals surface area contributed by atoms with Crippen LogP contribution in [0.1, 0.15) is 31.2 Å². The summed E-state index contributed by atoms with van der Waals surface area (Å²) in [6.45, 7) is 1.70. The molecule has 2 fully saturated rings. The topological polar surface area (TPSA) is 49.5 Å². The molecule has 0 saturated carbocycles. The summed E-state index contributed by atoms with van der Waals surface area (Å²) < 4.78 is 0. The molecule has 0 amide bonds. The molecule has 4 unspecified atom stereocenters. The molecule has 4 atom stereocenters. The first-order valence-corrected chi connectivity index (χ1v) is 7.47. The zero-order valence-electron chi connectivity index (χ0n) is 11.4. The molecule has 2 aliphatic heterocycles. The highest BCUT2D eigenvalue weighted by Crippen LogP contribution is 2.41. The first-order chi connectivity index (χ1) is 9.29. The fourth-order valence-electron chi connectivity index (χ4n) is 4.01. The van der Waals surface area contributed by atoms with Crippen molar-refractivity contribution >= 4 is 0 Å². The van der Waals surface area contributed by atoms with Gasteiger partial charge in [-0.2, -0.15) is 0 Å². The highest BCUT2D eigenvalue weighted by molar-refractivity contribution is 5.16. The van der Waals surface area contributed by atoms with Crippen LogP contribution in [-0.4, -0.2) is 34.7 Å². The van der Waals surface area contributed by atoms with Crippen molar-refractivity contribution in [3.05, 3.63) is 35.9 Å². The molecular formula is C16H24N2O. The Balaban J connectivity index is 1.75. The van der Waals surface area contributed by atoms with Crippen LogP contribution in [0.4, 0.5) is 0 Å². The zero-order chi connectivity index (χ0) is 13.2. The summed E-state index contributed by atoms with van der Waals surface area (Å²) in [4.78, 5) is 2.61. The van der Waals surface area contributed by atoms with Crippen LogP contribution in [0.2, 0.25) is 0 Å². The summed E-state index contributed by atoms with van der Waals surface area (Å²) in [5.74, 6) is 0.368. The Labute approximate surface area is 115 Å². The minimum atomic E-state index is -0.145. The summed E-state index contributed by atoms with van der Waals surface area (Å²) >= 11 is 0. The average molecular weight is 260 g/mol. The summed E-state index contributed by atoms with van der Waals surface area (Å²) in [5.41, 5.74) is 7.10. The predicted molar refractivity (Wildman–Crippen MR) is 76.6 cm³/mol. The fourth-order valence-corrected chi connectivity index (χ4v) is 4.01. The van der Waals surface area contributed by atoms with Gasteiger partial charge in [-0.05, 0) is 37.8 Å². The molecule has 0 aliphatic carbocycles. The Bertz CT molecular complexity index is 408. The number of nitrogens with two attached hydrogens (primary N) is 1. The molecule has 2 bridgehead atoms. The van der Waals surface area contributed by atoms with Crippen LogP contribution in [0, 0.1) is 5.92 Å². The molecule has 0 radical (unpaired) electrons. The van der Waals surface area contributed by atoms with Gasteiger partial charge in [0.15, 0.2) is 0 Å². The van der Waals surface area contributed by atoms with Crippen LogP contribution in [-0.2, 0) is 6.54 Å². The number of aliphatic hydroxyl groups excluding tert-OH is 1. The number of nitrogens with zero attached hydrogens (tertiary/aromatic N) is 1. The van der Waals surface area contributed by atoms with E-state index in [9.17, 15) is 5.11 Å². The highest BCUT2D eigenvalue weighted by Gasteiger charge is 2.45. The van der Waals surface area contributed by atoms with Crippen molar-refractivity contribution in [1.29, 1.82) is 0 Å². The molecule has 19 heavy (non-hydrogen) atoms. The van der Waals surface area contributed by atoms with Gasteiger partial charge in [0.05, 0.1) is 6.10 Å². The summed E-state index contributed by atoms with van der Waals surface area (Å²) in [5, 5.41) is 10.3. The maximum Gasteiger partial charge on any atom is 0.0598 e. The molecular weight excluding hydrogens is 236 g/mol. The van der Waals surface area contributed by atoms with Gasteiger partial charge in [-0.3, -0.25) is 4.90 Å². The summed E-state index contributed by atoms with van der Waals surface area (Å²) in [6, 6.07) is 11.8. The van der Waals surface area contributed by atoms with E-state index in [1.165, 1.54) is 18.4 Å². The van der Waals surface area contributed by atoms with Gasteiger partial charge >= 0.3 is 0 Å². The normalized spacial score (nSPS) is 34.6. The molecule has 2 heterocycles. The van der Waals surface area contributed by atoms with Gasteiger partial charge in [0, 0.05) is 24.5 Å². The number of hydrogen-bond acceptors (Lipinski definition) is 3. The van der Waals surface area contributed by atoms with Gasteiger partial charge in [-0.1, -0.05) is 30.3 Å². The summed E-state index contributed by atoms with van der Waals surface area (Å²) in [6.07, 6.45) is 4.18. The third-order valence-electron chi connectivity index (χ3n) is 4.90. The first kappa shape index (κ1) is 13.1. The molecule has 3 rings (SSSR count). The van der Waals surface area contributed by atoms with Crippen LogP contribution in [0.5, 0.6) is 0 Å². The second-order valence-corrected chi connectivity index (χ2v) is 6.00. The van der Waals surface area contributed by atoms with Gasteiger partial charge < -0.3 is 10.8 Å². The predicted octanol–water partition coefficient (Wildman–Crippen LogP) is 1.75. The van der Waals surface area contributed by atoms with Gasteiger partial charge in [0.25, 0.3) is 0 Å². The van der Waals surface area contributed by atoms with E-state index in [4.69, 9.17) is 5.73 Å². The SMILES string of the molecule is NCCC1C(O)CC2CCC1N2Cc1ccccc1. The van der Waals surface area contributed by atoms with Gasteiger partial charge in [-0.15, -0.1) is 0 Å². The van der Waals surface area contributed by atoms with E-state index in [0.29, 0.717) is 24.5 Å². The van der Waals surface area contributed by atoms with Crippen molar-refractivity contribution in [2.75, 3.05) is 6.54 Å². The molecule has 2 saturated heterocycles. The molecule has 3 nitrogen and oxygen atoms in total. The second kappa shape index (κ2) is 5.61. The van der Waals surface area contributed by atoms with Crippen molar-refractivity contribution in [2.24, 2.45) is 11.7 Å². The number of rotatable bonds is 4. The van der Waals surface area contributed by atoms with Crippen molar-refractivity contribution < 1.29 is 5.11 Å². The van der Waals surface area contributed by atoms with Crippen LogP contribution in [0.15, 0.2) is 30.3 Å². The lowest BCUT2D eigenvalue weighted by Crippen LogP contribution is -2.50. The van der Waals surface area contributed by atoms with E-state index in [-0.39, 0.29) is 6.10 Å². The molecule has 1 aromatic carbocycles. The Morgan fingerprint density at radius 2 is 2.00 bits per heavy atom. The van der Waals surface area contributed by atoms with Gasteiger partial charge in [-0.25, -0.2) is 0 Å². The fraction of sp³-hybridized carbons (Fsp3) is 0.625. The lowest BCUT2D eigenvalue weighted by atomic mass is 9.84. The lowest BCUT2D eigenvalue weighted by molar-refractivity contribution is -0.0247. The summed E-state index contributed by atoms with van der Waals surface area (Å²) in [7, 11) is 0. The quantitative estimate of drug-likeness (QED) is 0.867.